The highest BCUT2D eigenvalue weighted by Gasteiger charge is 2.36. The van der Waals surface area contributed by atoms with Crippen molar-refractivity contribution < 1.29 is 27.8 Å². The number of ether oxygens (including phenoxy) is 1. The SMILES string of the molecule is COc1cccc(C(=O)N2CCN(c3ccc(C#N)c(C(F)(F)F)c3)C(CO)C2)c1C. The fourth-order valence-corrected chi connectivity index (χ4v) is 3.82. The molecule has 1 N–H and O–H groups in total. The standard InChI is InChI=1S/C22H22F3N3O3/c1-14-18(4-3-5-20(14)31-2)21(30)27-8-9-28(17(12-27)13-29)16-7-6-15(11-26)19(10-16)22(23,24)25/h3-7,10,17,29H,8-9,12-13H2,1-2H3. The first kappa shape index (κ1) is 22.4. The molecule has 1 atom stereocenters. The Morgan fingerprint density at radius 2 is 2.03 bits per heavy atom. The summed E-state index contributed by atoms with van der Waals surface area (Å²) in [6, 6.07) is 9.62. The van der Waals surface area contributed by atoms with Crippen molar-refractivity contribution in [2.45, 2.75) is 19.1 Å². The number of hydrogen-bond donors (Lipinski definition) is 1. The van der Waals surface area contributed by atoms with Crippen molar-refractivity contribution in [3.05, 3.63) is 58.7 Å². The summed E-state index contributed by atoms with van der Waals surface area (Å²) in [7, 11) is 1.52. The molecular weight excluding hydrogens is 411 g/mol. The van der Waals surface area contributed by atoms with Crippen molar-refractivity contribution in [2.24, 2.45) is 0 Å². The number of alkyl halides is 3. The van der Waals surface area contributed by atoms with Gasteiger partial charge < -0.3 is 19.6 Å². The van der Waals surface area contributed by atoms with E-state index in [9.17, 15) is 23.1 Å². The Bertz CT molecular complexity index is 1020. The van der Waals surface area contributed by atoms with Crippen LogP contribution in [0.1, 0.15) is 27.0 Å². The number of methoxy groups -OCH3 is 1. The number of aliphatic hydroxyl groups excluding tert-OH is 1. The molecule has 0 aliphatic carbocycles. The summed E-state index contributed by atoms with van der Waals surface area (Å²) < 4.78 is 45.3. The number of halogens is 3. The summed E-state index contributed by atoms with van der Waals surface area (Å²) in [5, 5.41) is 18.9. The van der Waals surface area contributed by atoms with Gasteiger partial charge in [0.05, 0.1) is 37.0 Å². The third kappa shape index (κ3) is 4.44. The van der Waals surface area contributed by atoms with Crippen molar-refractivity contribution in [3.8, 4) is 11.8 Å². The molecule has 0 spiro atoms. The lowest BCUT2D eigenvalue weighted by atomic mass is 10.0. The maximum absolute atomic E-state index is 13.3. The highest BCUT2D eigenvalue weighted by atomic mass is 19.4. The molecule has 0 bridgehead atoms. The van der Waals surface area contributed by atoms with Crippen LogP contribution in [-0.2, 0) is 6.18 Å². The molecule has 31 heavy (non-hydrogen) atoms. The number of carbonyl (C=O) groups excluding carboxylic acids is 1. The van der Waals surface area contributed by atoms with E-state index in [4.69, 9.17) is 10.00 Å². The minimum Gasteiger partial charge on any atom is -0.496 e. The van der Waals surface area contributed by atoms with Crippen LogP contribution in [-0.4, -0.2) is 55.3 Å². The second-order valence-electron chi connectivity index (χ2n) is 7.25. The second kappa shape index (κ2) is 8.86. The molecule has 2 aromatic carbocycles. The Hall–Kier alpha value is -3.25. The highest BCUT2D eigenvalue weighted by molar-refractivity contribution is 5.96. The fourth-order valence-electron chi connectivity index (χ4n) is 3.82. The third-order valence-electron chi connectivity index (χ3n) is 5.48. The van der Waals surface area contributed by atoms with Crippen LogP contribution in [0.25, 0.3) is 0 Å². The minimum absolute atomic E-state index is 0.146. The average molecular weight is 433 g/mol. The molecule has 1 fully saturated rings. The zero-order valence-electron chi connectivity index (χ0n) is 17.1. The lowest BCUT2D eigenvalue weighted by molar-refractivity contribution is -0.137. The van der Waals surface area contributed by atoms with Gasteiger partial charge in [0.2, 0.25) is 0 Å². The highest BCUT2D eigenvalue weighted by Crippen LogP contribution is 2.35. The molecule has 2 aromatic rings. The minimum atomic E-state index is -4.67. The zero-order valence-corrected chi connectivity index (χ0v) is 17.1. The molecule has 1 aliphatic rings. The molecule has 0 aromatic heterocycles. The van der Waals surface area contributed by atoms with Crippen LogP contribution < -0.4 is 9.64 Å². The number of rotatable bonds is 4. The van der Waals surface area contributed by atoms with Gasteiger partial charge in [-0.1, -0.05) is 6.07 Å². The van der Waals surface area contributed by atoms with E-state index < -0.39 is 23.3 Å². The van der Waals surface area contributed by atoms with Crippen LogP contribution in [0, 0.1) is 18.3 Å². The van der Waals surface area contributed by atoms with Gasteiger partial charge in [-0.3, -0.25) is 4.79 Å². The molecule has 0 saturated carbocycles. The lowest BCUT2D eigenvalue weighted by Crippen LogP contribution is -2.56. The van der Waals surface area contributed by atoms with Gasteiger partial charge in [-0.2, -0.15) is 18.4 Å². The Balaban J connectivity index is 1.85. The topological polar surface area (TPSA) is 76.8 Å². The van der Waals surface area contributed by atoms with Crippen LogP contribution in [0.15, 0.2) is 36.4 Å². The summed E-state index contributed by atoms with van der Waals surface area (Å²) in [4.78, 5) is 16.3. The number of piperazine rings is 1. The fraction of sp³-hybridized carbons (Fsp3) is 0.364. The first-order chi connectivity index (χ1) is 14.7. The number of hydrogen-bond acceptors (Lipinski definition) is 5. The predicted octanol–water partition coefficient (Wildman–Crippen LogP) is 3.22. The van der Waals surface area contributed by atoms with E-state index in [1.165, 1.54) is 13.2 Å². The molecule has 9 heteroatoms. The average Bonchev–Trinajstić information content (AvgIpc) is 2.77. The summed E-state index contributed by atoms with van der Waals surface area (Å²) in [5.74, 6) is 0.353. The van der Waals surface area contributed by atoms with Crippen molar-refractivity contribution in [2.75, 3.05) is 38.3 Å². The van der Waals surface area contributed by atoms with E-state index in [0.717, 1.165) is 12.1 Å². The Morgan fingerprint density at radius 3 is 2.65 bits per heavy atom. The summed E-state index contributed by atoms with van der Waals surface area (Å²) in [6.45, 7) is 2.09. The lowest BCUT2D eigenvalue weighted by Gasteiger charge is -2.42. The Kier molecular flexibility index (Phi) is 6.41. The van der Waals surface area contributed by atoms with E-state index in [1.54, 1.807) is 41.0 Å². The number of carbonyl (C=O) groups is 1. The number of aliphatic hydroxyl groups is 1. The number of nitrogens with zero attached hydrogens (tertiary/aromatic N) is 3. The van der Waals surface area contributed by atoms with Gasteiger partial charge in [0, 0.05) is 36.4 Å². The van der Waals surface area contributed by atoms with Crippen molar-refractivity contribution in [1.82, 2.24) is 4.90 Å². The van der Waals surface area contributed by atoms with E-state index in [2.05, 4.69) is 0 Å². The predicted molar refractivity (Wildman–Crippen MR) is 108 cm³/mol. The second-order valence-corrected chi connectivity index (χ2v) is 7.25. The summed E-state index contributed by atoms with van der Waals surface area (Å²) in [6.07, 6.45) is -4.67. The first-order valence-corrected chi connectivity index (χ1v) is 9.63. The smallest absolute Gasteiger partial charge is 0.417 e. The molecule has 0 radical (unpaired) electrons. The van der Waals surface area contributed by atoms with Crippen LogP contribution in [0.5, 0.6) is 5.75 Å². The normalized spacial score (nSPS) is 16.7. The molecule has 1 heterocycles. The van der Waals surface area contributed by atoms with Gasteiger partial charge in [0.25, 0.3) is 5.91 Å². The number of amides is 1. The summed E-state index contributed by atoms with van der Waals surface area (Å²) >= 11 is 0. The third-order valence-corrected chi connectivity index (χ3v) is 5.48. The van der Waals surface area contributed by atoms with E-state index in [1.807, 2.05) is 0 Å². The van der Waals surface area contributed by atoms with E-state index in [0.29, 0.717) is 16.9 Å². The van der Waals surface area contributed by atoms with E-state index in [-0.39, 0.29) is 37.8 Å². The van der Waals surface area contributed by atoms with Crippen LogP contribution >= 0.6 is 0 Å². The maximum Gasteiger partial charge on any atom is 0.417 e. The van der Waals surface area contributed by atoms with Gasteiger partial charge in [0.15, 0.2) is 0 Å². The quantitative estimate of drug-likeness (QED) is 0.801. The van der Waals surface area contributed by atoms with E-state index >= 15 is 0 Å². The maximum atomic E-state index is 13.3. The van der Waals surface area contributed by atoms with Crippen LogP contribution in [0.4, 0.5) is 18.9 Å². The molecular formula is C22H22F3N3O3. The van der Waals surface area contributed by atoms with Crippen molar-refractivity contribution in [3.63, 3.8) is 0 Å². The molecule has 3 rings (SSSR count). The van der Waals surface area contributed by atoms with Gasteiger partial charge in [-0.15, -0.1) is 0 Å². The zero-order chi connectivity index (χ0) is 22.8. The van der Waals surface area contributed by atoms with Crippen LogP contribution in [0.3, 0.4) is 0 Å². The van der Waals surface area contributed by atoms with Crippen LogP contribution in [0.2, 0.25) is 0 Å². The summed E-state index contributed by atoms with van der Waals surface area (Å²) in [5.41, 5.74) is -0.0639. The van der Waals surface area contributed by atoms with Crippen molar-refractivity contribution >= 4 is 11.6 Å². The molecule has 164 valence electrons. The molecule has 6 nitrogen and oxygen atoms in total. The largest absolute Gasteiger partial charge is 0.496 e. The molecule has 1 amide bonds. The molecule has 1 aliphatic heterocycles. The molecule has 1 unspecified atom stereocenters. The number of anilines is 1. The van der Waals surface area contributed by atoms with Crippen molar-refractivity contribution in [1.29, 1.82) is 5.26 Å². The monoisotopic (exact) mass is 433 g/mol. The van der Waals surface area contributed by atoms with Gasteiger partial charge in [-0.05, 0) is 37.3 Å². The first-order valence-electron chi connectivity index (χ1n) is 9.63. The number of nitriles is 1. The Morgan fingerprint density at radius 1 is 1.29 bits per heavy atom. The number of benzene rings is 2. The molecule has 1 saturated heterocycles. The van der Waals surface area contributed by atoms with Gasteiger partial charge in [-0.25, -0.2) is 0 Å². The van der Waals surface area contributed by atoms with Gasteiger partial charge >= 0.3 is 6.18 Å². The Labute approximate surface area is 178 Å². The van der Waals surface area contributed by atoms with Gasteiger partial charge in [0.1, 0.15) is 5.75 Å².